The normalized spacial score (nSPS) is 26.1. The van der Waals surface area contributed by atoms with Crippen LogP contribution in [0.2, 0.25) is 0 Å². The van der Waals surface area contributed by atoms with Crippen molar-refractivity contribution in [3.63, 3.8) is 0 Å². The highest BCUT2D eigenvalue weighted by molar-refractivity contribution is 5.03. The third-order valence-electron chi connectivity index (χ3n) is 5.82. The summed E-state index contributed by atoms with van der Waals surface area (Å²) in [5.41, 5.74) is 0.330. The second-order valence-corrected chi connectivity index (χ2v) is 6.91. The van der Waals surface area contributed by atoms with Crippen LogP contribution in [0, 0.1) is 5.92 Å². The standard InChI is InChI=1S/C18H36N2O/c1-4-11-19-17(16-10-9-14-21-15-16)18(5-2,6-3)20-12-7-8-13-20/h16-17,19H,4-15H2,1-3H3. The minimum atomic E-state index is 0.330. The number of hydrogen-bond donors (Lipinski definition) is 1. The van der Waals surface area contributed by atoms with Gasteiger partial charge in [0.05, 0.1) is 6.61 Å². The van der Waals surface area contributed by atoms with Crippen LogP contribution in [0.4, 0.5) is 0 Å². The van der Waals surface area contributed by atoms with E-state index in [0.717, 1.165) is 19.8 Å². The second kappa shape index (κ2) is 8.50. The Morgan fingerprint density at radius 3 is 2.38 bits per heavy atom. The maximum Gasteiger partial charge on any atom is 0.0509 e. The zero-order valence-electron chi connectivity index (χ0n) is 14.5. The van der Waals surface area contributed by atoms with Gasteiger partial charge in [-0.15, -0.1) is 0 Å². The lowest BCUT2D eigenvalue weighted by molar-refractivity contribution is -0.0186. The van der Waals surface area contributed by atoms with Crippen molar-refractivity contribution >= 4 is 0 Å². The molecular weight excluding hydrogens is 260 g/mol. The molecule has 0 spiro atoms. The molecule has 0 amide bonds. The molecule has 0 aliphatic carbocycles. The summed E-state index contributed by atoms with van der Waals surface area (Å²) >= 11 is 0. The van der Waals surface area contributed by atoms with Gasteiger partial charge in [-0.1, -0.05) is 20.8 Å². The first kappa shape index (κ1) is 17.2. The topological polar surface area (TPSA) is 24.5 Å². The number of rotatable bonds is 8. The van der Waals surface area contributed by atoms with Crippen LogP contribution in [-0.2, 0) is 4.74 Å². The van der Waals surface area contributed by atoms with Crippen LogP contribution in [0.25, 0.3) is 0 Å². The van der Waals surface area contributed by atoms with Crippen LogP contribution in [0.15, 0.2) is 0 Å². The number of nitrogens with one attached hydrogen (secondary N) is 1. The second-order valence-electron chi connectivity index (χ2n) is 6.91. The van der Waals surface area contributed by atoms with Crippen molar-refractivity contribution in [1.82, 2.24) is 10.2 Å². The molecule has 2 aliphatic rings. The average molecular weight is 296 g/mol. The van der Waals surface area contributed by atoms with Gasteiger partial charge in [-0.2, -0.15) is 0 Å². The first-order valence-corrected chi connectivity index (χ1v) is 9.34. The summed E-state index contributed by atoms with van der Waals surface area (Å²) in [6, 6.07) is 0.589. The van der Waals surface area contributed by atoms with Crippen LogP contribution in [0.3, 0.4) is 0 Å². The molecule has 1 N–H and O–H groups in total. The highest BCUT2D eigenvalue weighted by atomic mass is 16.5. The Kier molecular flexibility index (Phi) is 6.97. The van der Waals surface area contributed by atoms with Crippen LogP contribution in [0.5, 0.6) is 0 Å². The van der Waals surface area contributed by atoms with E-state index in [9.17, 15) is 0 Å². The third kappa shape index (κ3) is 3.80. The Labute approximate surface area is 131 Å². The molecule has 3 heteroatoms. The number of likely N-dealkylation sites (tertiary alicyclic amines) is 1. The van der Waals surface area contributed by atoms with E-state index < -0.39 is 0 Å². The van der Waals surface area contributed by atoms with Crippen molar-refractivity contribution in [2.45, 2.75) is 77.3 Å². The van der Waals surface area contributed by atoms with Gasteiger partial charge >= 0.3 is 0 Å². The van der Waals surface area contributed by atoms with Crippen LogP contribution in [0.1, 0.15) is 65.7 Å². The monoisotopic (exact) mass is 296 g/mol. The van der Waals surface area contributed by atoms with Crippen molar-refractivity contribution in [3.05, 3.63) is 0 Å². The molecule has 0 aromatic rings. The van der Waals surface area contributed by atoms with Crippen molar-refractivity contribution in [1.29, 1.82) is 0 Å². The van der Waals surface area contributed by atoms with E-state index in [2.05, 4.69) is 31.0 Å². The molecule has 0 bridgehead atoms. The smallest absolute Gasteiger partial charge is 0.0509 e. The lowest BCUT2D eigenvalue weighted by atomic mass is 9.74. The molecule has 0 saturated carbocycles. The highest BCUT2D eigenvalue weighted by Gasteiger charge is 2.45. The first-order chi connectivity index (χ1) is 10.3. The Morgan fingerprint density at radius 1 is 1.14 bits per heavy atom. The molecule has 3 nitrogen and oxygen atoms in total. The van der Waals surface area contributed by atoms with Gasteiger partial charge < -0.3 is 10.1 Å². The Morgan fingerprint density at radius 2 is 1.86 bits per heavy atom. The van der Waals surface area contributed by atoms with Gasteiger partial charge in [-0.3, -0.25) is 4.90 Å². The fourth-order valence-electron chi connectivity index (χ4n) is 4.62. The highest BCUT2D eigenvalue weighted by Crippen LogP contribution is 2.36. The lowest BCUT2D eigenvalue weighted by Gasteiger charge is -2.50. The van der Waals surface area contributed by atoms with Gasteiger partial charge in [0.25, 0.3) is 0 Å². The van der Waals surface area contributed by atoms with Gasteiger partial charge in [0.2, 0.25) is 0 Å². The molecule has 2 saturated heterocycles. The minimum absolute atomic E-state index is 0.330. The molecule has 21 heavy (non-hydrogen) atoms. The van der Waals surface area contributed by atoms with E-state index in [4.69, 9.17) is 4.74 Å². The molecule has 2 rings (SSSR count). The molecule has 2 atom stereocenters. The Bertz CT molecular complexity index is 279. The summed E-state index contributed by atoms with van der Waals surface area (Å²) < 4.78 is 5.83. The summed E-state index contributed by atoms with van der Waals surface area (Å²) in [4.78, 5) is 2.80. The van der Waals surface area contributed by atoms with Crippen LogP contribution >= 0.6 is 0 Å². The summed E-state index contributed by atoms with van der Waals surface area (Å²) in [6.07, 6.45) is 9.04. The van der Waals surface area contributed by atoms with Gasteiger partial charge in [-0.05, 0) is 70.5 Å². The number of ether oxygens (including phenoxy) is 1. The average Bonchev–Trinajstić information content (AvgIpc) is 3.07. The molecule has 0 aromatic heterocycles. The van der Waals surface area contributed by atoms with E-state index >= 15 is 0 Å². The maximum atomic E-state index is 5.83. The van der Waals surface area contributed by atoms with Gasteiger partial charge in [0.1, 0.15) is 0 Å². The summed E-state index contributed by atoms with van der Waals surface area (Å²) in [7, 11) is 0. The molecule has 0 radical (unpaired) electrons. The van der Waals surface area contributed by atoms with Crippen molar-refractivity contribution < 1.29 is 4.74 Å². The van der Waals surface area contributed by atoms with E-state index in [0.29, 0.717) is 17.5 Å². The molecular formula is C18H36N2O. The molecule has 2 aliphatic heterocycles. The minimum Gasteiger partial charge on any atom is -0.381 e. The molecule has 0 aromatic carbocycles. The molecule has 2 heterocycles. The number of hydrogen-bond acceptors (Lipinski definition) is 3. The lowest BCUT2D eigenvalue weighted by Crippen LogP contribution is -2.63. The molecule has 2 unspecified atom stereocenters. The summed E-state index contributed by atoms with van der Waals surface area (Å²) in [6.45, 7) is 12.7. The van der Waals surface area contributed by atoms with E-state index in [1.807, 2.05) is 0 Å². The zero-order valence-corrected chi connectivity index (χ0v) is 14.5. The summed E-state index contributed by atoms with van der Waals surface area (Å²) in [5, 5.41) is 3.94. The van der Waals surface area contributed by atoms with Gasteiger partial charge in [0, 0.05) is 18.2 Å². The summed E-state index contributed by atoms with van der Waals surface area (Å²) in [5.74, 6) is 0.686. The number of nitrogens with zero attached hydrogens (tertiary/aromatic N) is 1. The fraction of sp³-hybridized carbons (Fsp3) is 1.00. The zero-order chi connectivity index (χ0) is 15.1. The van der Waals surface area contributed by atoms with Gasteiger partial charge in [0.15, 0.2) is 0 Å². The van der Waals surface area contributed by atoms with Crippen LogP contribution < -0.4 is 5.32 Å². The fourth-order valence-corrected chi connectivity index (χ4v) is 4.62. The Balaban J connectivity index is 2.19. The van der Waals surface area contributed by atoms with E-state index in [-0.39, 0.29) is 0 Å². The van der Waals surface area contributed by atoms with Crippen molar-refractivity contribution in [3.8, 4) is 0 Å². The Hall–Kier alpha value is -0.120. The van der Waals surface area contributed by atoms with Crippen LogP contribution in [-0.4, -0.2) is 49.3 Å². The first-order valence-electron chi connectivity index (χ1n) is 9.34. The SMILES string of the molecule is CCCNC(C1CCCOC1)C(CC)(CC)N1CCCC1. The predicted octanol–water partition coefficient (Wildman–Crippen LogP) is 3.44. The van der Waals surface area contributed by atoms with E-state index in [1.54, 1.807) is 0 Å². The van der Waals surface area contributed by atoms with Crippen molar-refractivity contribution in [2.24, 2.45) is 5.92 Å². The maximum absolute atomic E-state index is 5.83. The molecule has 124 valence electrons. The van der Waals surface area contributed by atoms with Gasteiger partial charge in [-0.25, -0.2) is 0 Å². The largest absolute Gasteiger partial charge is 0.381 e. The third-order valence-corrected chi connectivity index (χ3v) is 5.82. The molecule has 2 fully saturated rings. The quantitative estimate of drug-likeness (QED) is 0.742. The predicted molar refractivity (Wildman–Crippen MR) is 89.7 cm³/mol. The van der Waals surface area contributed by atoms with E-state index in [1.165, 1.54) is 58.0 Å². The van der Waals surface area contributed by atoms with Crippen molar-refractivity contribution in [2.75, 3.05) is 32.8 Å².